The molecule has 0 radical (unpaired) electrons. The second-order valence-electron chi connectivity index (χ2n) is 6.31. The van der Waals surface area contributed by atoms with Crippen molar-refractivity contribution in [2.45, 2.75) is 58.6 Å². The third-order valence-corrected chi connectivity index (χ3v) is 5.23. The Labute approximate surface area is 112 Å². The van der Waals surface area contributed by atoms with E-state index in [1.54, 1.807) is 0 Å². The predicted molar refractivity (Wildman–Crippen MR) is 82.0 cm³/mol. The van der Waals surface area contributed by atoms with Gasteiger partial charge in [-0.3, -0.25) is 0 Å². The molecule has 1 rings (SSSR count). The van der Waals surface area contributed by atoms with Crippen molar-refractivity contribution in [2.75, 3.05) is 0 Å². The van der Waals surface area contributed by atoms with Crippen molar-refractivity contribution >= 4 is 13.3 Å². The van der Waals surface area contributed by atoms with Crippen molar-refractivity contribution in [3.8, 4) is 0 Å². The van der Waals surface area contributed by atoms with Crippen LogP contribution >= 0.6 is 0 Å². The highest BCUT2D eigenvalue weighted by Gasteiger charge is 2.15. The smallest absolute Gasteiger partial charge is 0.0775 e. The summed E-state index contributed by atoms with van der Waals surface area (Å²) in [6.45, 7) is 11.9. The lowest BCUT2D eigenvalue weighted by atomic mass is 10.1. The van der Waals surface area contributed by atoms with E-state index in [1.807, 2.05) is 6.92 Å². The average molecular weight is 265 g/mol. The fourth-order valence-electron chi connectivity index (χ4n) is 2.01. The first kappa shape index (κ1) is 15.4. The van der Waals surface area contributed by atoms with Crippen LogP contribution in [0.3, 0.4) is 0 Å². The number of aliphatic hydroxyl groups is 1. The molecule has 2 N–H and O–H groups in total. The van der Waals surface area contributed by atoms with Gasteiger partial charge in [-0.25, -0.2) is 0 Å². The topological polar surface area (TPSA) is 32.3 Å². The second-order valence-corrected chi connectivity index (χ2v) is 11.4. The predicted octanol–water partition coefficient (Wildman–Crippen LogP) is 2.48. The third-order valence-electron chi connectivity index (χ3n) is 3.17. The average Bonchev–Trinajstić information content (AvgIpc) is 2.25. The molecular weight excluding hydrogens is 238 g/mol. The second kappa shape index (κ2) is 6.50. The molecule has 0 aromatic heterocycles. The zero-order valence-electron chi connectivity index (χ0n) is 12.3. The summed E-state index contributed by atoms with van der Waals surface area (Å²) < 4.78 is 0. The highest BCUT2D eigenvalue weighted by Crippen LogP contribution is 2.05. The molecule has 0 bridgehead atoms. The summed E-state index contributed by atoms with van der Waals surface area (Å²) in [4.78, 5) is 0. The maximum Gasteiger partial charge on any atom is 0.0775 e. The van der Waals surface area contributed by atoms with Gasteiger partial charge in [0.05, 0.1) is 14.2 Å². The van der Waals surface area contributed by atoms with Gasteiger partial charge in [0, 0.05) is 12.6 Å². The molecule has 0 saturated carbocycles. The molecule has 0 heterocycles. The van der Waals surface area contributed by atoms with Crippen LogP contribution in [-0.2, 0) is 6.54 Å². The van der Waals surface area contributed by atoms with Gasteiger partial charge in [-0.1, -0.05) is 49.1 Å². The highest BCUT2D eigenvalue weighted by atomic mass is 28.3. The molecule has 18 heavy (non-hydrogen) atoms. The van der Waals surface area contributed by atoms with Crippen LogP contribution in [0.25, 0.3) is 0 Å². The normalized spacial score (nSPS) is 15.4. The summed E-state index contributed by atoms with van der Waals surface area (Å²) in [6, 6.07) is 9.32. The Morgan fingerprint density at radius 3 is 2.11 bits per heavy atom. The van der Waals surface area contributed by atoms with Crippen LogP contribution in [0.4, 0.5) is 0 Å². The molecule has 0 aliphatic heterocycles. The van der Waals surface area contributed by atoms with Gasteiger partial charge in [0.25, 0.3) is 0 Å². The van der Waals surface area contributed by atoms with Gasteiger partial charge < -0.3 is 10.4 Å². The first-order valence-corrected chi connectivity index (χ1v) is 10.3. The van der Waals surface area contributed by atoms with E-state index in [1.165, 1.54) is 10.8 Å². The summed E-state index contributed by atoms with van der Waals surface area (Å²) in [5.41, 5.74) is 1.31. The molecule has 3 heteroatoms. The minimum absolute atomic E-state index is 0.234. The van der Waals surface area contributed by atoms with Crippen LogP contribution < -0.4 is 10.5 Å². The van der Waals surface area contributed by atoms with Crippen molar-refractivity contribution in [3.05, 3.63) is 29.8 Å². The number of rotatable bonds is 6. The van der Waals surface area contributed by atoms with E-state index in [9.17, 15) is 5.11 Å². The molecule has 102 valence electrons. The Morgan fingerprint density at radius 1 is 1.11 bits per heavy atom. The fraction of sp³-hybridized carbons (Fsp3) is 0.600. The van der Waals surface area contributed by atoms with Crippen LogP contribution in [0.15, 0.2) is 24.3 Å². The number of benzene rings is 1. The number of hydrogen-bond acceptors (Lipinski definition) is 2. The molecule has 1 aromatic carbocycles. The van der Waals surface area contributed by atoms with Crippen molar-refractivity contribution in [3.63, 3.8) is 0 Å². The van der Waals surface area contributed by atoms with Crippen molar-refractivity contribution in [2.24, 2.45) is 0 Å². The maximum atomic E-state index is 9.31. The van der Waals surface area contributed by atoms with E-state index >= 15 is 0 Å². The summed E-state index contributed by atoms with van der Waals surface area (Å²) in [5.74, 6) is 0. The van der Waals surface area contributed by atoms with Crippen LogP contribution in [-0.4, -0.2) is 25.3 Å². The van der Waals surface area contributed by atoms with Crippen LogP contribution in [0, 0.1) is 0 Å². The molecule has 0 amide bonds. The maximum absolute atomic E-state index is 9.31. The van der Waals surface area contributed by atoms with Gasteiger partial charge >= 0.3 is 0 Å². The molecule has 2 atom stereocenters. The lowest BCUT2D eigenvalue weighted by Crippen LogP contribution is -2.37. The molecule has 2 nitrogen and oxygen atoms in total. The van der Waals surface area contributed by atoms with Gasteiger partial charge in [-0.15, -0.1) is 0 Å². The third kappa shape index (κ3) is 5.34. The lowest BCUT2D eigenvalue weighted by Gasteiger charge is -2.18. The van der Waals surface area contributed by atoms with Crippen LogP contribution in [0.2, 0.25) is 19.6 Å². The first-order chi connectivity index (χ1) is 8.29. The van der Waals surface area contributed by atoms with E-state index < -0.39 is 8.07 Å². The first-order valence-electron chi connectivity index (χ1n) is 6.80. The Balaban J connectivity index is 2.49. The SMILES string of the molecule is CC(O)CC(C)NCc1ccc([Si](C)(C)C)cc1. The lowest BCUT2D eigenvalue weighted by molar-refractivity contribution is 0.170. The Kier molecular flexibility index (Phi) is 5.57. The van der Waals surface area contributed by atoms with Gasteiger partial charge in [0.1, 0.15) is 0 Å². The number of nitrogens with one attached hydrogen (secondary N) is 1. The number of hydrogen-bond donors (Lipinski definition) is 2. The van der Waals surface area contributed by atoms with E-state index in [0.29, 0.717) is 6.04 Å². The summed E-state index contributed by atoms with van der Waals surface area (Å²) in [6.07, 6.45) is 0.564. The van der Waals surface area contributed by atoms with E-state index in [4.69, 9.17) is 0 Å². The monoisotopic (exact) mass is 265 g/mol. The fourth-order valence-corrected chi connectivity index (χ4v) is 3.18. The molecule has 0 fully saturated rings. The molecule has 0 spiro atoms. The molecule has 0 aliphatic carbocycles. The standard InChI is InChI=1S/C15H27NOSi/c1-12(10-13(2)17)16-11-14-6-8-15(9-7-14)18(3,4)5/h6-9,12-13,16-17H,10-11H2,1-5H3. The van der Waals surface area contributed by atoms with Crippen LogP contribution in [0.1, 0.15) is 25.8 Å². The number of aliphatic hydroxyl groups excluding tert-OH is 1. The Morgan fingerprint density at radius 2 is 1.67 bits per heavy atom. The minimum Gasteiger partial charge on any atom is -0.393 e. The quantitative estimate of drug-likeness (QED) is 0.775. The highest BCUT2D eigenvalue weighted by molar-refractivity contribution is 6.88. The van der Waals surface area contributed by atoms with Gasteiger partial charge in [-0.2, -0.15) is 0 Å². The molecular formula is C15H27NOSi. The summed E-state index contributed by atoms with van der Waals surface area (Å²) in [7, 11) is -1.18. The zero-order valence-corrected chi connectivity index (χ0v) is 13.3. The Hall–Kier alpha value is -0.643. The van der Waals surface area contributed by atoms with E-state index in [-0.39, 0.29) is 6.10 Å². The van der Waals surface area contributed by atoms with Crippen molar-refractivity contribution < 1.29 is 5.11 Å². The van der Waals surface area contributed by atoms with Gasteiger partial charge in [0.15, 0.2) is 0 Å². The minimum atomic E-state index is -1.18. The van der Waals surface area contributed by atoms with Crippen molar-refractivity contribution in [1.82, 2.24) is 5.32 Å². The Bertz CT molecular complexity index is 354. The van der Waals surface area contributed by atoms with E-state index in [0.717, 1.165) is 13.0 Å². The molecule has 0 saturated heterocycles. The van der Waals surface area contributed by atoms with Gasteiger partial charge in [-0.05, 0) is 25.8 Å². The summed E-state index contributed by atoms with van der Waals surface area (Å²) in [5, 5.41) is 14.3. The largest absolute Gasteiger partial charge is 0.393 e. The van der Waals surface area contributed by atoms with Crippen molar-refractivity contribution in [1.29, 1.82) is 0 Å². The summed E-state index contributed by atoms with van der Waals surface area (Å²) >= 11 is 0. The molecule has 0 aliphatic rings. The van der Waals surface area contributed by atoms with Crippen LogP contribution in [0.5, 0.6) is 0 Å². The van der Waals surface area contributed by atoms with Gasteiger partial charge in [0.2, 0.25) is 0 Å². The molecule has 1 aromatic rings. The zero-order chi connectivity index (χ0) is 13.8. The molecule has 2 unspecified atom stereocenters. The van der Waals surface area contributed by atoms with E-state index in [2.05, 4.69) is 56.1 Å².